The van der Waals surface area contributed by atoms with E-state index in [1.54, 1.807) is 29.3 Å². The first-order chi connectivity index (χ1) is 11.2. The third kappa shape index (κ3) is 3.92. The summed E-state index contributed by atoms with van der Waals surface area (Å²) >= 11 is 6.08. The van der Waals surface area contributed by atoms with Crippen LogP contribution in [0, 0.1) is 0 Å². The quantitative estimate of drug-likeness (QED) is 0.754. The second-order valence-corrected chi connectivity index (χ2v) is 5.11. The highest BCUT2D eigenvalue weighted by Gasteiger charge is 2.11. The Hall–Kier alpha value is -2.73. The van der Waals surface area contributed by atoms with Gasteiger partial charge in [0.25, 0.3) is 11.8 Å². The minimum Gasteiger partial charge on any atom is -0.467 e. The predicted molar refractivity (Wildman–Crippen MR) is 84.6 cm³/mol. The number of nitrogens with zero attached hydrogens (tertiary/aromatic N) is 2. The van der Waals surface area contributed by atoms with E-state index in [-0.39, 0.29) is 18.4 Å². The second-order valence-electron chi connectivity index (χ2n) is 4.71. The Morgan fingerprint density at radius 2 is 2.09 bits per heavy atom. The van der Waals surface area contributed by atoms with E-state index in [1.807, 2.05) is 30.3 Å². The van der Waals surface area contributed by atoms with E-state index in [2.05, 4.69) is 10.4 Å². The summed E-state index contributed by atoms with van der Waals surface area (Å²) in [4.78, 5) is 11.7. The number of hydrogen-bond acceptors (Lipinski definition) is 4. The maximum atomic E-state index is 11.7. The SMILES string of the molecule is O=C(COc1nn(-c2ccccc2)cc1Cl)NCc1ccco1. The molecule has 0 spiro atoms. The Balaban J connectivity index is 1.56. The molecule has 7 heteroatoms. The van der Waals surface area contributed by atoms with Gasteiger partial charge in [0.1, 0.15) is 10.8 Å². The zero-order valence-corrected chi connectivity index (χ0v) is 12.9. The first kappa shape index (κ1) is 15.2. The molecule has 0 saturated carbocycles. The van der Waals surface area contributed by atoms with Crippen LogP contribution in [-0.4, -0.2) is 22.3 Å². The van der Waals surface area contributed by atoms with Gasteiger partial charge < -0.3 is 14.5 Å². The van der Waals surface area contributed by atoms with Crippen molar-refractivity contribution in [1.82, 2.24) is 15.1 Å². The summed E-state index contributed by atoms with van der Waals surface area (Å²) in [6.45, 7) is 0.133. The number of benzene rings is 1. The number of amides is 1. The van der Waals surface area contributed by atoms with Gasteiger partial charge in [-0.05, 0) is 24.3 Å². The molecule has 1 aromatic carbocycles. The number of rotatable bonds is 6. The lowest BCUT2D eigenvalue weighted by Crippen LogP contribution is -2.28. The molecule has 0 saturated heterocycles. The molecule has 2 heterocycles. The van der Waals surface area contributed by atoms with Gasteiger partial charge in [0.05, 0.1) is 24.7 Å². The number of hydrogen-bond donors (Lipinski definition) is 1. The maximum Gasteiger partial charge on any atom is 0.258 e. The molecule has 3 aromatic rings. The number of furan rings is 1. The molecular formula is C16H14ClN3O3. The first-order valence-electron chi connectivity index (χ1n) is 6.95. The summed E-state index contributed by atoms with van der Waals surface area (Å²) in [5.74, 6) is 0.597. The van der Waals surface area contributed by atoms with Crippen molar-refractivity contribution in [3.8, 4) is 11.6 Å². The van der Waals surface area contributed by atoms with Crippen LogP contribution in [0.5, 0.6) is 5.88 Å². The van der Waals surface area contributed by atoms with E-state index in [0.29, 0.717) is 17.3 Å². The molecule has 3 rings (SSSR count). The third-order valence-corrected chi connectivity index (χ3v) is 3.30. The van der Waals surface area contributed by atoms with E-state index in [1.165, 1.54) is 0 Å². The van der Waals surface area contributed by atoms with Gasteiger partial charge in [-0.25, -0.2) is 4.68 Å². The summed E-state index contributed by atoms with van der Waals surface area (Å²) in [5.41, 5.74) is 0.853. The zero-order chi connectivity index (χ0) is 16.1. The molecule has 1 amide bonds. The second kappa shape index (κ2) is 7.02. The standard InChI is InChI=1S/C16H14ClN3O3/c17-14-10-20(12-5-2-1-3-6-12)19-16(14)23-11-15(21)18-9-13-7-4-8-22-13/h1-8,10H,9,11H2,(H,18,21). The highest BCUT2D eigenvalue weighted by Crippen LogP contribution is 2.23. The molecule has 118 valence electrons. The van der Waals surface area contributed by atoms with Crippen molar-refractivity contribution in [3.63, 3.8) is 0 Å². The summed E-state index contributed by atoms with van der Waals surface area (Å²) in [6.07, 6.45) is 3.18. The Labute approximate surface area is 137 Å². The summed E-state index contributed by atoms with van der Waals surface area (Å²) < 4.78 is 12.1. The number of aromatic nitrogens is 2. The monoisotopic (exact) mass is 331 g/mol. The fraction of sp³-hybridized carbons (Fsp3) is 0.125. The lowest BCUT2D eigenvalue weighted by molar-refractivity contribution is -0.123. The molecule has 0 atom stereocenters. The van der Waals surface area contributed by atoms with Crippen molar-refractivity contribution < 1.29 is 13.9 Å². The summed E-state index contributed by atoms with van der Waals surface area (Å²) in [5, 5.41) is 7.24. The van der Waals surface area contributed by atoms with Gasteiger partial charge in [-0.1, -0.05) is 29.8 Å². The smallest absolute Gasteiger partial charge is 0.258 e. The van der Waals surface area contributed by atoms with Crippen LogP contribution in [0.25, 0.3) is 5.69 Å². The molecule has 0 aliphatic rings. The van der Waals surface area contributed by atoms with Crippen molar-refractivity contribution in [2.75, 3.05) is 6.61 Å². The van der Waals surface area contributed by atoms with E-state index in [9.17, 15) is 4.79 Å². The maximum absolute atomic E-state index is 11.7. The minimum absolute atomic E-state index is 0.174. The molecule has 0 radical (unpaired) electrons. The molecule has 0 bridgehead atoms. The average Bonchev–Trinajstić information content (AvgIpc) is 3.21. The van der Waals surface area contributed by atoms with Gasteiger partial charge in [0.15, 0.2) is 6.61 Å². The van der Waals surface area contributed by atoms with Crippen molar-refractivity contribution in [2.45, 2.75) is 6.54 Å². The Kier molecular flexibility index (Phi) is 4.63. The van der Waals surface area contributed by atoms with Gasteiger partial charge in [0.2, 0.25) is 0 Å². The first-order valence-corrected chi connectivity index (χ1v) is 7.32. The van der Waals surface area contributed by atoms with Crippen molar-refractivity contribution in [2.24, 2.45) is 0 Å². The number of halogens is 1. The van der Waals surface area contributed by atoms with Gasteiger partial charge >= 0.3 is 0 Å². The van der Waals surface area contributed by atoms with Gasteiger partial charge in [-0.2, -0.15) is 0 Å². The molecule has 0 unspecified atom stereocenters. The van der Waals surface area contributed by atoms with Crippen LogP contribution in [0.15, 0.2) is 59.3 Å². The van der Waals surface area contributed by atoms with E-state index in [0.717, 1.165) is 5.69 Å². The van der Waals surface area contributed by atoms with Crippen LogP contribution >= 0.6 is 11.6 Å². The zero-order valence-electron chi connectivity index (χ0n) is 12.1. The number of carbonyl (C=O) groups is 1. The molecule has 6 nitrogen and oxygen atoms in total. The third-order valence-electron chi connectivity index (χ3n) is 3.04. The lowest BCUT2D eigenvalue weighted by Gasteiger charge is -2.04. The number of carbonyl (C=O) groups excluding carboxylic acids is 1. The normalized spacial score (nSPS) is 10.5. The van der Waals surface area contributed by atoms with Crippen molar-refractivity contribution in [3.05, 3.63) is 65.7 Å². The lowest BCUT2D eigenvalue weighted by atomic mass is 10.3. The fourth-order valence-electron chi connectivity index (χ4n) is 1.93. The molecule has 23 heavy (non-hydrogen) atoms. The number of nitrogens with one attached hydrogen (secondary N) is 1. The molecule has 1 N–H and O–H groups in total. The van der Waals surface area contributed by atoms with Gasteiger partial charge in [-0.3, -0.25) is 4.79 Å². The summed E-state index contributed by atoms with van der Waals surface area (Å²) in [6, 6.07) is 13.0. The molecule has 0 aliphatic heterocycles. The van der Waals surface area contributed by atoms with Crippen LogP contribution in [-0.2, 0) is 11.3 Å². The molecular weight excluding hydrogens is 318 g/mol. The van der Waals surface area contributed by atoms with Crippen LogP contribution < -0.4 is 10.1 Å². The van der Waals surface area contributed by atoms with Crippen LogP contribution in [0.4, 0.5) is 0 Å². The summed E-state index contributed by atoms with van der Waals surface area (Å²) in [7, 11) is 0. The van der Waals surface area contributed by atoms with E-state index in [4.69, 9.17) is 20.8 Å². The highest BCUT2D eigenvalue weighted by molar-refractivity contribution is 6.31. The Morgan fingerprint density at radius 3 is 2.83 bits per heavy atom. The minimum atomic E-state index is -0.285. The van der Waals surface area contributed by atoms with E-state index >= 15 is 0 Å². The molecule has 2 aromatic heterocycles. The molecule has 0 aliphatic carbocycles. The fourth-order valence-corrected chi connectivity index (χ4v) is 2.12. The Morgan fingerprint density at radius 1 is 1.26 bits per heavy atom. The Bertz CT molecular complexity index is 769. The van der Waals surface area contributed by atoms with Crippen molar-refractivity contribution >= 4 is 17.5 Å². The largest absolute Gasteiger partial charge is 0.467 e. The van der Waals surface area contributed by atoms with E-state index < -0.39 is 0 Å². The van der Waals surface area contributed by atoms with Gasteiger partial charge in [0, 0.05) is 0 Å². The van der Waals surface area contributed by atoms with Crippen LogP contribution in [0.1, 0.15) is 5.76 Å². The molecule has 0 fully saturated rings. The number of ether oxygens (including phenoxy) is 1. The topological polar surface area (TPSA) is 69.3 Å². The van der Waals surface area contributed by atoms with Crippen LogP contribution in [0.3, 0.4) is 0 Å². The predicted octanol–water partition coefficient (Wildman–Crippen LogP) is 2.81. The van der Waals surface area contributed by atoms with Crippen LogP contribution in [0.2, 0.25) is 5.02 Å². The van der Waals surface area contributed by atoms with Gasteiger partial charge in [-0.15, -0.1) is 5.10 Å². The van der Waals surface area contributed by atoms with Crippen molar-refractivity contribution in [1.29, 1.82) is 0 Å². The average molecular weight is 332 g/mol. The number of para-hydroxylation sites is 1. The highest BCUT2D eigenvalue weighted by atomic mass is 35.5.